The molecule has 0 spiro atoms. The van der Waals surface area contributed by atoms with Gasteiger partial charge in [0, 0.05) is 29.0 Å². The molecule has 0 aliphatic carbocycles. The van der Waals surface area contributed by atoms with Crippen molar-refractivity contribution in [3.63, 3.8) is 0 Å². The van der Waals surface area contributed by atoms with Crippen LogP contribution in [0, 0.1) is 5.92 Å². The third-order valence-corrected chi connectivity index (χ3v) is 3.76. The van der Waals surface area contributed by atoms with Crippen molar-refractivity contribution in [2.75, 3.05) is 23.4 Å². The number of amides is 2. The lowest BCUT2D eigenvalue weighted by Gasteiger charge is -2.20. The molecule has 0 fully saturated rings. The summed E-state index contributed by atoms with van der Waals surface area (Å²) < 4.78 is 10.5. The lowest BCUT2D eigenvalue weighted by Crippen LogP contribution is -2.33. The van der Waals surface area contributed by atoms with Gasteiger partial charge in [0.25, 0.3) is 0 Å². The zero-order valence-electron chi connectivity index (χ0n) is 15.6. The van der Waals surface area contributed by atoms with Crippen molar-refractivity contribution < 1.29 is 19.1 Å². The van der Waals surface area contributed by atoms with Crippen LogP contribution in [0.25, 0.3) is 0 Å². The summed E-state index contributed by atoms with van der Waals surface area (Å²) in [6, 6.07) is 13.5. The van der Waals surface area contributed by atoms with Crippen molar-refractivity contribution >= 4 is 35.2 Å². The van der Waals surface area contributed by atoms with Crippen LogP contribution in [-0.2, 0) is 4.74 Å². The maximum atomic E-state index is 12.5. The molecule has 2 aromatic carbocycles. The average Bonchev–Trinajstić information content (AvgIpc) is 2.62. The predicted octanol–water partition coefficient (Wildman–Crippen LogP) is 5.57. The standard InChI is InChI=1S/C20H23ClN2O4/c1-4-23(17-10-8-15(21)9-11-17)20(25)27-18-7-5-6-16(12-18)22-19(24)26-13-14(2)3/h5-12,14H,4,13H2,1-3H3,(H,22,24). The third-order valence-electron chi connectivity index (χ3n) is 3.51. The van der Waals surface area contributed by atoms with Crippen molar-refractivity contribution in [2.24, 2.45) is 5.92 Å². The van der Waals surface area contributed by atoms with Gasteiger partial charge in [0.1, 0.15) is 5.75 Å². The van der Waals surface area contributed by atoms with E-state index in [-0.39, 0.29) is 5.92 Å². The Hall–Kier alpha value is -2.73. The largest absolute Gasteiger partial charge is 0.449 e. The maximum Gasteiger partial charge on any atom is 0.419 e. The highest BCUT2D eigenvalue weighted by atomic mass is 35.5. The van der Waals surface area contributed by atoms with E-state index in [0.717, 1.165) is 0 Å². The summed E-state index contributed by atoms with van der Waals surface area (Å²) in [6.45, 7) is 6.51. The SMILES string of the molecule is CCN(C(=O)Oc1cccc(NC(=O)OCC(C)C)c1)c1ccc(Cl)cc1. The highest BCUT2D eigenvalue weighted by Gasteiger charge is 2.16. The van der Waals surface area contributed by atoms with Crippen molar-refractivity contribution in [2.45, 2.75) is 20.8 Å². The topological polar surface area (TPSA) is 67.9 Å². The summed E-state index contributed by atoms with van der Waals surface area (Å²) in [5.74, 6) is 0.560. The molecule has 0 unspecified atom stereocenters. The number of hydrogen-bond donors (Lipinski definition) is 1. The molecule has 0 saturated heterocycles. The van der Waals surface area contributed by atoms with Crippen LogP contribution in [0.1, 0.15) is 20.8 Å². The van der Waals surface area contributed by atoms with Gasteiger partial charge in [-0.2, -0.15) is 0 Å². The number of ether oxygens (including phenoxy) is 2. The van der Waals surface area contributed by atoms with Crippen LogP contribution in [0.2, 0.25) is 5.02 Å². The normalized spacial score (nSPS) is 10.4. The van der Waals surface area contributed by atoms with E-state index in [0.29, 0.717) is 35.3 Å². The number of anilines is 2. The van der Waals surface area contributed by atoms with Crippen molar-refractivity contribution in [3.05, 3.63) is 53.6 Å². The number of carbonyl (C=O) groups excluding carboxylic acids is 2. The van der Waals surface area contributed by atoms with E-state index in [1.807, 2.05) is 20.8 Å². The molecule has 0 bridgehead atoms. The molecule has 0 saturated carbocycles. The molecule has 1 N–H and O–H groups in total. The molecule has 6 nitrogen and oxygen atoms in total. The van der Waals surface area contributed by atoms with E-state index in [4.69, 9.17) is 21.1 Å². The van der Waals surface area contributed by atoms with Gasteiger partial charge < -0.3 is 9.47 Å². The fourth-order valence-electron chi connectivity index (χ4n) is 2.23. The second kappa shape index (κ2) is 9.83. The number of hydrogen-bond acceptors (Lipinski definition) is 4. The molecule has 0 atom stereocenters. The second-order valence-corrected chi connectivity index (χ2v) is 6.67. The molecular formula is C20H23ClN2O4. The zero-order valence-corrected chi connectivity index (χ0v) is 16.3. The van der Waals surface area contributed by atoms with E-state index in [2.05, 4.69) is 5.32 Å². The summed E-state index contributed by atoms with van der Waals surface area (Å²) in [5, 5.41) is 3.20. The first kappa shape index (κ1) is 20.6. The molecule has 27 heavy (non-hydrogen) atoms. The van der Waals surface area contributed by atoms with Crippen LogP contribution in [0.4, 0.5) is 21.0 Å². The maximum absolute atomic E-state index is 12.5. The third kappa shape index (κ3) is 6.49. The minimum Gasteiger partial charge on any atom is -0.449 e. The Morgan fingerprint density at radius 2 is 1.85 bits per heavy atom. The molecule has 2 aromatic rings. The first-order chi connectivity index (χ1) is 12.9. The van der Waals surface area contributed by atoms with Gasteiger partial charge in [-0.3, -0.25) is 10.2 Å². The number of carbonyl (C=O) groups is 2. The summed E-state index contributed by atoms with van der Waals surface area (Å²) in [5.41, 5.74) is 1.15. The van der Waals surface area contributed by atoms with Crippen molar-refractivity contribution in [3.8, 4) is 5.75 Å². The Kier molecular flexibility index (Phi) is 7.49. The predicted molar refractivity (Wildman–Crippen MR) is 107 cm³/mol. The molecule has 0 aliphatic rings. The molecule has 7 heteroatoms. The number of halogens is 1. The van der Waals surface area contributed by atoms with Crippen molar-refractivity contribution in [1.29, 1.82) is 0 Å². The Balaban J connectivity index is 2.02. The van der Waals surface area contributed by atoms with Gasteiger partial charge in [-0.05, 0) is 49.2 Å². The highest BCUT2D eigenvalue weighted by Crippen LogP contribution is 2.22. The quantitative estimate of drug-likeness (QED) is 0.700. The molecule has 2 amide bonds. The van der Waals surface area contributed by atoms with Gasteiger partial charge in [-0.1, -0.05) is 31.5 Å². The smallest absolute Gasteiger partial charge is 0.419 e. The average molecular weight is 391 g/mol. The Bertz CT molecular complexity index is 778. The van der Waals surface area contributed by atoms with Crippen LogP contribution >= 0.6 is 11.6 Å². The fourth-order valence-corrected chi connectivity index (χ4v) is 2.35. The van der Waals surface area contributed by atoms with Crippen LogP contribution in [0.15, 0.2) is 48.5 Å². The lowest BCUT2D eigenvalue weighted by atomic mass is 10.2. The Labute approximate surface area is 164 Å². The van der Waals surface area contributed by atoms with E-state index in [9.17, 15) is 9.59 Å². The van der Waals surface area contributed by atoms with E-state index < -0.39 is 12.2 Å². The Morgan fingerprint density at radius 3 is 2.48 bits per heavy atom. The summed E-state index contributed by atoms with van der Waals surface area (Å²) in [6.07, 6.45) is -1.08. The van der Waals surface area contributed by atoms with Gasteiger partial charge in [-0.15, -0.1) is 0 Å². The summed E-state index contributed by atoms with van der Waals surface area (Å²) in [4.78, 5) is 25.7. The van der Waals surface area contributed by atoms with Gasteiger partial charge >= 0.3 is 12.2 Å². The number of nitrogens with one attached hydrogen (secondary N) is 1. The Morgan fingerprint density at radius 1 is 1.15 bits per heavy atom. The lowest BCUT2D eigenvalue weighted by molar-refractivity contribution is 0.147. The van der Waals surface area contributed by atoms with Gasteiger partial charge in [0.2, 0.25) is 0 Å². The molecule has 144 valence electrons. The minimum absolute atomic E-state index is 0.246. The summed E-state index contributed by atoms with van der Waals surface area (Å²) >= 11 is 5.89. The molecule has 0 radical (unpaired) electrons. The van der Waals surface area contributed by atoms with Gasteiger partial charge in [0.05, 0.1) is 6.61 Å². The molecule has 2 rings (SSSR count). The van der Waals surface area contributed by atoms with E-state index in [1.54, 1.807) is 48.5 Å². The van der Waals surface area contributed by atoms with Gasteiger partial charge in [0.15, 0.2) is 0 Å². The molecular weight excluding hydrogens is 368 g/mol. The summed E-state index contributed by atoms with van der Waals surface area (Å²) in [7, 11) is 0. The van der Waals surface area contributed by atoms with Gasteiger partial charge in [-0.25, -0.2) is 9.59 Å². The first-order valence-electron chi connectivity index (χ1n) is 8.67. The highest BCUT2D eigenvalue weighted by molar-refractivity contribution is 6.30. The number of benzene rings is 2. The monoisotopic (exact) mass is 390 g/mol. The van der Waals surface area contributed by atoms with E-state index >= 15 is 0 Å². The van der Waals surface area contributed by atoms with Crippen LogP contribution in [0.5, 0.6) is 5.75 Å². The van der Waals surface area contributed by atoms with E-state index in [1.165, 1.54) is 4.90 Å². The zero-order chi connectivity index (χ0) is 19.8. The fraction of sp³-hybridized carbons (Fsp3) is 0.300. The number of rotatable bonds is 6. The van der Waals surface area contributed by atoms with Crippen molar-refractivity contribution in [1.82, 2.24) is 0 Å². The first-order valence-corrected chi connectivity index (χ1v) is 9.05. The molecule has 0 heterocycles. The van der Waals surface area contributed by atoms with Crippen LogP contribution in [-0.4, -0.2) is 25.3 Å². The van der Waals surface area contributed by atoms with Crippen LogP contribution < -0.4 is 15.0 Å². The molecule has 0 aliphatic heterocycles. The second-order valence-electron chi connectivity index (χ2n) is 6.23. The number of nitrogens with zero attached hydrogens (tertiary/aromatic N) is 1. The minimum atomic E-state index is -0.552. The van der Waals surface area contributed by atoms with Crippen LogP contribution in [0.3, 0.4) is 0 Å². The molecule has 0 aromatic heterocycles.